The van der Waals surface area contributed by atoms with Crippen LogP contribution < -0.4 is 10.7 Å². The highest BCUT2D eigenvalue weighted by molar-refractivity contribution is 6.08. The van der Waals surface area contributed by atoms with Gasteiger partial charge in [0.25, 0.3) is 5.91 Å². The molecule has 2 heterocycles. The Morgan fingerprint density at radius 3 is 2.22 bits per heavy atom. The molecule has 0 fully saturated rings. The highest BCUT2D eigenvalue weighted by Gasteiger charge is 2.25. The third kappa shape index (κ3) is 3.89. The van der Waals surface area contributed by atoms with Gasteiger partial charge in [0.1, 0.15) is 11.3 Å². The molecule has 1 N–H and O–H groups in total. The summed E-state index contributed by atoms with van der Waals surface area (Å²) in [5.41, 5.74) is 4.56. The van der Waals surface area contributed by atoms with Crippen molar-refractivity contribution in [3.8, 4) is 17.1 Å². The number of benzene rings is 2. The van der Waals surface area contributed by atoms with Crippen molar-refractivity contribution in [2.24, 2.45) is 0 Å². The van der Waals surface area contributed by atoms with Crippen LogP contribution in [0.15, 0.2) is 82.2 Å². The second kappa shape index (κ2) is 9.10. The summed E-state index contributed by atoms with van der Waals surface area (Å²) in [6.45, 7) is 5.95. The fraction of sp³-hybridized carbons (Fsp3) is 0.185. The van der Waals surface area contributed by atoms with Gasteiger partial charge < -0.3 is 14.3 Å². The Kier molecular flexibility index (Phi) is 6.08. The number of aryl methyl sites for hydroxylation is 3. The van der Waals surface area contributed by atoms with E-state index in [0.29, 0.717) is 17.1 Å². The lowest BCUT2D eigenvalue weighted by Crippen LogP contribution is -2.27. The smallest absolute Gasteiger partial charge is 0.261 e. The van der Waals surface area contributed by atoms with Crippen molar-refractivity contribution in [1.82, 2.24) is 4.57 Å². The fourth-order valence-corrected chi connectivity index (χ4v) is 4.09. The van der Waals surface area contributed by atoms with Crippen LogP contribution in [0.3, 0.4) is 0 Å². The highest BCUT2D eigenvalue weighted by atomic mass is 16.3. The maximum atomic E-state index is 13.6. The average molecular weight is 427 g/mol. The van der Waals surface area contributed by atoms with Gasteiger partial charge in [-0.05, 0) is 55.2 Å². The van der Waals surface area contributed by atoms with Gasteiger partial charge in [-0.25, -0.2) is 0 Å². The van der Waals surface area contributed by atoms with Gasteiger partial charge in [0, 0.05) is 23.1 Å². The number of para-hydroxylation sites is 2. The Bertz CT molecular complexity index is 1280. The molecule has 0 atom stereocenters. The molecule has 0 spiro atoms. The van der Waals surface area contributed by atoms with E-state index >= 15 is 0 Å². The van der Waals surface area contributed by atoms with Crippen molar-refractivity contribution >= 4 is 11.6 Å². The lowest BCUT2D eigenvalue weighted by Gasteiger charge is -2.20. The molecular weight excluding hydrogens is 400 g/mol. The van der Waals surface area contributed by atoms with E-state index in [0.717, 1.165) is 35.3 Å². The maximum Gasteiger partial charge on any atom is 0.261 e. The SMILES string of the molecule is CCc1cccc(CC)c1NC(=O)c1c(-c2ccco2)n(-c2ccccc2)c(C)cc1=O. The zero-order chi connectivity index (χ0) is 22.7. The molecule has 0 aliphatic carbocycles. The zero-order valence-electron chi connectivity index (χ0n) is 18.5. The predicted octanol–water partition coefficient (Wildman–Crippen LogP) is 5.78. The van der Waals surface area contributed by atoms with Crippen molar-refractivity contribution in [2.75, 3.05) is 5.32 Å². The molecule has 0 unspecified atom stereocenters. The molecule has 0 radical (unpaired) electrons. The van der Waals surface area contributed by atoms with Crippen LogP contribution in [0.25, 0.3) is 17.1 Å². The number of hydrogen-bond acceptors (Lipinski definition) is 3. The average Bonchev–Trinajstić information content (AvgIpc) is 3.34. The van der Waals surface area contributed by atoms with Crippen LogP contribution >= 0.6 is 0 Å². The molecule has 32 heavy (non-hydrogen) atoms. The molecule has 4 rings (SSSR count). The maximum absolute atomic E-state index is 13.6. The molecule has 2 aromatic carbocycles. The normalized spacial score (nSPS) is 10.8. The zero-order valence-corrected chi connectivity index (χ0v) is 18.5. The third-order valence-corrected chi connectivity index (χ3v) is 5.63. The summed E-state index contributed by atoms with van der Waals surface area (Å²) < 4.78 is 7.57. The molecular formula is C27H26N2O3. The summed E-state index contributed by atoms with van der Waals surface area (Å²) in [4.78, 5) is 26.8. The molecule has 162 valence electrons. The number of rotatable bonds is 6. The number of nitrogens with zero attached hydrogens (tertiary/aromatic N) is 1. The summed E-state index contributed by atoms with van der Waals surface area (Å²) in [7, 11) is 0. The Labute approximate surface area is 187 Å². The van der Waals surface area contributed by atoms with Crippen molar-refractivity contribution in [3.05, 3.63) is 106 Å². The minimum absolute atomic E-state index is 0.0577. The van der Waals surface area contributed by atoms with Gasteiger partial charge in [0.2, 0.25) is 0 Å². The number of amides is 1. The third-order valence-electron chi connectivity index (χ3n) is 5.63. The van der Waals surface area contributed by atoms with Crippen molar-refractivity contribution < 1.29 is 9.21 Å². The molecule has 0 bridgehead atoms. The second-order valence-corrected chi connectivity index (χ2v) is 7.63. The topological polar surface area (TPSA) is 64.2 Å². The number of anilines is 1. The number of nitrogens with one attached hydrogen (secondary N) is 1. The van der Waals surface area contributed by atoms with E-state index in [4.69, 9.17) is 4.42 Å². The fourth-order valence-electron chi connectivity index (χ4n) is 4.09. The monoisotopic (exact) mass is 426 g/mol. The molecule has 0 aliphatic rings. The van der Waals surface area contributed by atoms with E-state index in [1.807, 2.05) is 73.9 Å². The van der Waals surface area contributed by atoms with Gasteiger partial charge in [-0.15, -0.1) is 0 Å². The number of aromatic nitrogens is 1. The molecule has 2 aromatic heterocycles. The summed E-state index contributed by atoms with van der Waals surface area (Å²) in [6.07, 6.45) is 3.09. The Morgan fingerprint density at radius 2 is 1.62 bits per heavy atom. The molecule has 5 heteroatoms. The first-order valence-electron chi connectivity index (χ1n) is 10.8. The first kappa shape index (κ1) is 21.4. The van der Waals surface area contributed by atoms with E-state index < -0.39 is 5.91 Å². The van der Waals surface area contributed by atoms with E-state index in [-0.39, 0.29) is 11.0 Å². The van der Waals surface area contributed by atoms with Gasteiger partial charge in [-0.2, -0.15) is 0 Å². The van der Waals surface area contributed by atoms with Crippen LogP contribution in [0, 0.1) is 6.92 Å². The van der Waals surface area contributed by atoms with Crippen molar-refractivity contribution in [3.63, 3.8) is 0 Å². The van der Waals surface area contributed by atoms with Gasteiger partial charge in [-0.3, -0.25) is 9.59 Å². The summed E-state index contributed by atoms with van der Waals surface area (Å²) in [6, 6.07) is 20.7. The lowest BCUT2D eigenvalue weighted by atomic mass is 10.0. The molecule has 0 aliphatic heterocycles. The largest absolute Gasteiger partial charge is 0.463 e. The standard InChI is InChI=1S/C27H26N2O3/c1-4-19-11-9-12-20(5-2)25(19)28-27(31)24-22(30)17-18(3)29(21-13-7-6-8-14-21)26(24)23-15-10-16-32-23/h6-17H,4-5H2,1-3H3,(H,28,31). The van der Waals surface area contributed by atoms with E-state index in [2.05, 4.69) is 5.32 Å². The number of pyridine rings is 1. The van der Waals surface area contributed by atoms with E-state index in [1.165, 1.54) is 6.07 Å². The van der Waals surface area contributed by atoms with Crippen LogP contribution in [0.2, 0.25) is 0 Å². The number of carbonyl (C=O) groups is 1. The van der Waals surface area contributed by atoms with Crippen LogP contribution in [0.4, 0.5) is 5.69 Å². The van der Waals surface area contributed by atoms with Crippen LogP contribution in [0.1, 0.15) is 41.0 Å². The Morgan fingerprint density at radius 1 is 0.938 bits per heavy atom. The van der Waals surface area contributed by atoms with Crippen LogP contribution in [-0.4, -0.2) is 10.5 Å². The van der Waals surface area contributed by atoms with E-state index in [9.17, 15) is 9.59 Å². The van der Waals surface area contributed by atoms with Gasteiger partial charge in [0.15, 0.2) is 11.2 Å². The van der Waals surface area contributed by atoms with Crippen LogP contribution in [0.5, 0.6) is 0 Å². The number of furan rings is 1. The highest BCUT2D eigenvalue weighted by Crippen LogP contribution is 2.29. The molecule has 1 amide bonds. The van der Waals surface area contributed by atoms with Crippen LogP contribution in [-0.2, 0) is 12.8 Å². The Balaban J connectivity index is 1.94. The van der Waals surface area contributed by atoms with Gasteiger partial charge >= 0.3 is 0 Å². The van der Waals surface area contributed by atoms with Gasteiger partial charge in [0.05, 0.1) is 6.26 Å². The summed E-state index contributed by atoms with van der Waals surface area (Å²) in [5.74, 6) is 0.0148. The minimum Gasteiger partial charge on any atom is -0.463 e. The lowest BCUT2D eigenvalue weighted by molar-refractivity contribution is 0.102. The predicted molar refractivity (Wildman–Crippen MR) is 128 cm³/mol. The van der Waals surface area contributed by atoms with E-state index in [1.54, 1.807) is 18.4 Å². The first-order valence-corrected chi connectivity index (χ1v) is 10.8. The molecule has 0 saturated heterocycles. The molecule has 5 nitrogen and oxygen atoms in total. The quantitative estimate of drug-likeness (QED) is 0.425. The van der Waals surface area contributed by atoms with Gasteiger partial charge in [-0.1, -0.05) is 50.2 Å². The first-order chi connectivity index (χ1) is 15.5. The van der Waals surface area contributed by atoms with Crippen molar-refractivity contribution in [2.45, 2.75) is 33.6 Å². The number of carbonyl (C=O) groups excluding carboxylic acids is 1. The van der Waals surface area contributed by atoms with Crippen molar-refractivity contribution in [1.29, 1.82) is 0 Å². The second-order valence-electron chi connectivity index (χ2n) is 7.63. The minimum atomic E-state index is -0.443. The molecule has 4 aromatic rings. The summed E-state index contributed by atoms with van der Waals surface area (Å²) >= 11 is 0. The molecule has 0 saturated carbocycles. The Hall–Kier alpha value is -3.86. The number of hydrogen-bond donors (Lipinski definition) is 1. The summed E-state index contributed by atoms with van der Waals surface area (Å²) in [5, 5.41) is 3.04.